The molecule has 0 N–H and O–H groups in total. The van der Waals surface area contributed by atoms with E-state index in [0.29, 0.717) is 6.42 Å². The average molecular weight is 346 g/mol. The molecule has 0 bridgehead atoms. The van der Waals surface area contributed by atoms with E-state index in [4.69, 9.17) is 4.74 Å². The van der Waals surface area contributed by atoms with Gasteiger partial charge in [0.15, 0.2) is 0 Å². The summed E-state index contributed by atoms with van der Waals surface area (Å²) in [5, 5.41) is 4.35. The highest BCUT2D eigenvalue weighted by Gasteiger charge is 2.52. The molecule has 4 heterocycles. The number of carbonyl (C=O) groups is 1. The fourth-order valence-electron chi connectivity index (χ4n) is 5.13. The first-order valence-corrected chi connectivity index (χ1v) is 9.64. The molecule has 1 aromatic rings. The van der Waals surface area contributed by atoms with E-state index < -0.39 is 0 Å². The van der Waals surface area contributed by atoms with E-state index >= 15 is 0 Å². The summed E-state index contributed by atoms with van der Waals surface area (Å²) in [6.45, 7) is 5.21. The normalized spacial score (nSPS) is 28.2. The molecule has 0 aliphatic carbocycles. The second kappa shape index (κ2) is 6.72. The lowest BCUT2D eigenvalue weighted by atomic mass is 9.74. The van der Waals surface area contributed by atoms with Gasteiger partial charge in [0, 0.05) is 65.5 Å². The number of amides is 1. The Morgan fingerprint density at radius 1 is 1.24 bits per heavy atom. The monoisotopic (exact) mass is 346 g/mol. The van der Waals surface area contributed by atoms with Crippen LogP contribution >= 0.6 is 0 Å². The lowest BCUT2D eigenvalue weighted by molar-refractivity contribution is -0.130. The Morgan fingerprint density at radius 2 is 1.96 bits per heavy atom. The van der Waals surface area contributed by atoms with E-state index in [9.17, 15) is 4.79 Å². The Kier molecular flexibility index (Phi) is 4.58. The van der Waals surface area contributed by atoms with Gasteiger partial charge in [-0.05, 0) is 37.2 Å². The van der Waals surface area contributed by atoms with Gasteiger partial charge in [0.25, 0.3) is 0 Å². The smallest absolute Gasteiger partial charge is 0.223 e. The van der Waals surface area contributed by atoms with Crippen LogP contribution < -0.4 is 0 Å². The van der Waals surface area contributed by atoms with Crippen molar-refractivity contribution in [2.75, 3.05) is 39.9 Å². The predicted molar refractivity (Wildman–Crippen MR) is 95.3 cm³/mol. The molecule has 1 spiro atoms. The molecule has 1 unspecified atom stereocenters. The Balaban J connectivity index is 1.46. The Morgan fingerprint density at radius 3 is 2.60 bits per heavy atom. The van der Waals surface area contributed by atoms with Gasteiger partial charge in [-0.15, -0.1) is 0 Å². The van der Waals surface area contributed by atoms with Crippen molar-refractivity contribution in [3.8, 4) is 0 Å². The molecule has 138 valence electrons. The van der Waals surface area contributed by atoms with Crippen molar-refractivity contribution in [1.82, 2.24) is 19.6 Å². The first-order valence-electron chi connectivity index (χ1n) is 9.64. The van der Waals surface area contributed by atoms with Crippen molar-refractivity contribution < 1.29 is 9.53 Å². The highest BCUT2D eigenvalue weighted by Crippen LogP contribution is 2.48. The fraction of sp³-hybridized carbons (Fsp3) is 0.789. The van der Waals surface area contributed by atoms with Crippen molar-refractivity contribution in [3.63, 3.8) is 0 Å². The standard InChI is InChI=1S/C19H30N4O2/c1-21-14-16(12-20-21)17-11-18(24)22(2)19(17)5-7-23(8-6-19)13-15-3-9-25-10-4-15/h12,14-15,17H,3-11,13H2,1-2H3. The molecule has 1 atom stereocenters. The zero-order valence-corrected chi connectivity index (χ0v) is 15.5. The van der Waals surface area contributed by atoms with Crippen LogP contribution in [0.5, 0.6) is 0 Å². The fourth-order valence-corrected chi connectivity index (χ4v) is 5.13. The van der Waals surface area contributed by atoms with Crippen LogP contribution in [-0.4, -0.2) is 70.9 Å². The van der Waals surface area contributed by atoms with Crippen molar-refractivity contribution in [1.29, 1.82) is 0 Å². The number of aromatic nitrogens is 2. The minimum atomic E-state index is -0.0215. The summed E-state index contributed by atoms with van der Waals surface area (Å²) in [5.41, 5.74) is 1.20. The highest BCUT2D eigenvalue weighted by atomic mass is 16.5. The summed E-state index contributed by atoms with van der Waals surface area (Å²) in [6.07, 6.45) is 9.19. The highest BCUT2D eigenvalue weighted by molar-refractivity contribution is 5.81. The maximum absolute atomic E-state index is 12.5. The van der Waals surface area contributed by atoms with Crippen LogP contribution in [0.1, 0.15) is 43.6 Å². The van der Waals surface area contributed by atoms with Crippen LogP contribution in [0.15, 0.2) is 12.4 Å². The molecule has 25 heavy (non-hydrogen) atoms. The Hall–Kier alpha value is -1.40. The number of likely N-dealkylation sites (N-methyl/N-ethyl adjacent to an activating group) is 1. The summed E-state index contributed by atoms with van der Waals surface area (Å²) < 4.78 is 7.34. The van der Waals surface area contributed by atoms with Crippen LogP contribution in [-0.2, 0) is 16.6 Å². The zero-order valence-electron chi connectivity index (χ0n) is 15.5. The number of hydrogen-bond donors (Lipinski definition) is 0. The van der Waals surface area contributed by atoms with E-state index in [0.717, 1.165) is 45.1 Å². The number of carbonyl (C=O) groups excluding carboxylic acids is 1. The molecular formula is C19H30N4O2. The molecule has 0 saturated carbocycles. The molecule has 6 heteroatoms. The van der Waals surface area contributed by atoms with Gasteiger partial charge < -0.3 is 14.5 Å². The maximum atomic E-state index is 12.5. The second-order valence-corrected chi connectivity index (χ2v) is 8.12. The third-order valence-electron chi connectivity index (χ3n) is 6.78. The van der Waals surface area contributed by atoms with E-state index in [2.05, 4.69) is 21.1 Å². The number of rotatable bonds is 3. The number of nitrogens with zero attached hydrogens (tertiary/aromatic N) is 4. The van der Waals surface area contributed by atoms with Crippen LogP contribution in [0, 0.1) is 5.92 Å². The molecule has 1 amide bonds. The molecule has 3 fully saturated rings. The maximum Gasteiger partial charge on any atom is 0.223 e. The molecule has 3 saturated heterocycles. The van der Waals surface area contributed by atoms with Crippen molar-refractivity contribution in [3.05, 3.63) is 18.0 Å². The van der Waals surface area contributed by atoms with Crippen LogP contribution in [0.2, 0.25) is 0 Å². The summed E-state index contributed by atoms with van der Waals surface area (Å²) in [6, 6.07) is 0. The minimum absolute atomic E-state index is 0.0215. The minimum Gasteiger partial charge on any atom is -0.381 e. The molecular weight excluding hydrogens is 316 g/mol. The van der Waals surface area contributed by atoms with Gasteiger partial charge in [-0.2, -0.15) is 5.10 Å². The second-order valence-electron chi connectivity index (χ2n) is 8.12. The van der Waals surface area contributed by atoms with Gasteiger partial charge in [0.1, 0.15) is 0 Å². The number of likely N-dealkylation sites (tertiary alicyclic amines) is 2. The van der Waals surface area contributed by atoms with Crippen molar-refractivity contribution in [2.24, 2.45) is 13.0 Å². The number of piperidine rings is 1. The van der Waals surface area contributed by atoms with Crippen LogP contribution in [0.25, 0.3) is 0 Å². The lowest BCUT2D eigenvalue weighted by Crippen LogP contribution is -2.54. The molecule has 3 aliphatic rings. The third kappa shape index (κ3) is 3.10. The number of hydrogen-bond acceptors (Lipinski definition) is 4. The molecule has 6 nitrogen and oxygen atoms in total. The van der Waals surface area contributed by atoms with E-state index in [-0.39, 0.29) is 17.4 Å². The molecule has 0 radical (unpaired) electrons. The third-order valence-corrected chi connectivity index (χ3v) is 6.78. The van der Waals surface area contributed by atoms with Crippen molar-refractivity contribution in [2.45, 2.75) is 43.6 Å². The Bertz CT molecular complexity index is 615. The number of ether oxygens (including phenoxy) is 1. The average Bonchev–Trinajstić information content (AvgIpc) is 3.15. The van der Waals surface area contributed by atoms with Crippen LogP contribution in [0.3, 0.4) is 0 Å². The van der Waals surface area contributed by atoms with E-state index in [1.54, 1.807) is 0 Å². The summed E-state index contributed by atoms with van der Waals surface area (Å²) in [5.74, 6) is 1.34. The Labute approximate surface area is 150 Å². The van der Waals surface area contributed by atoms with Gasteiger partial charge >= 0.3 is 0 Å². The first-order chi connectivity index (χ1) is 12.1. The van der Waals surface area contributed by atoms with E-state index in [1.165, 1.54) is 24.9 Å². The van der Waals surface area contributed by atoms with Crippen molar-refractivity contribution >= 4 is 5.91 Å². The summed E-state index contributed by atoms with van der Waals surface area (Å²) in [7, 11) is 3.96. The molecule has 3 aliphatic heterocycles. The molecule has 0 aromatic carbocycles. The van der Waals surface area contributed by atoms with E-state index in [1.807, 2.05) is 25.0 Å². The molecule has 1 aromatic heterocycles. The lowest BCUT2D eigenvalue weighted by Gasteiger charge is -2.47. The SMILES string of the molecule is CN1C(=O)CC(c2cnn(C)c2)C12CCN(CC1CCOCC1)CC2. The quantitative estimate of drug-likeness (QED) is 0.835. The topological polar surface area (TPSA) is 50.6 Å². The summed E-state index contributed by atoms with van der Waals surface area (Å²) in [4.78, 5) is 17.2. The number of aryl methyl sites for hydroxylation is 1. The first kappa shape index (κ1) is 17.0. The zero-order chi connectivity index (χ0) is 17.4. The van der Waals surface area contributed by atoms with Gasteiger partial charge in [0.05, 0.1) is 11.7 Å². The van der Waals surface area contributed by atoms with Gasteiger partial charge in [0.2, 0.25) is 5.91 Å². The van der Waals surface area contributed by atoms with Crippen LogP contribution in [0.4, 0.5) is 0 Å². The predicted octanol–water partition coefficient (Wildman–Crippen LogP) is 1.63. The summed E-state index contributed by atoms with van der Waals surface area (Å²) >= 11 is 0. The van der Waals surface area contributed by atoms with Gasteiger partial charge in [-0.25, -0.2) is 0 Å². The van der Waals surface area contributed by atoms with Gasteiger partial charge in [-0.1, -0.05) is 0 Å². The largest absolute Gasteiger partial charge is 0.381 e. The molecule has 4 rings (SSSR count). The van der Waals surface area contributed by atoms with Gasteiger partial charge in [-0.3, -0.25) is 9.48 Å².